The number of aromatic nitrogens is 3. The number of anilines is 1. The van der Waals surface area contributed by atoms with E-state index in [-0.39, 0.29) is 11.8 Å². The van der Waals surface area contributed by atoms with E-state index in [1.807, 2.05) is 32.2 Å². The monoisotopic (exact) mass is 303 g/mol. The number of hydrogen-bond donors (Lipinski definition) is 1. The van der Waals surface area contributed by atoms with Crippen molar-refractivity contribution in [2.45, 2.75) is 13.8 Å². The van der Waals surface area contributed by atoms with Crippen LogP contribution in [-0.4, -0.2) is 58.3 Å². The minimum absolute atomic E-state index is 0.000227. The van der Waals surface area contributed by atoms with E-state index in [2.05, 4.69) is 20.3 Å². The largest absolute Gasteiger partial charge is 0.379 e. The normalized spacial score (nSPS) is 17.5. The van der Waals surface area contributed by atoms with E-state index >= 15 is 0 Å². The molecular formula is C15H21N5O2. The Balaban J connectivity index is 1.67. The Morgan fingerprint density at radius 1 is 1.45 bits per heavy atom. The van der Waals surface area contributed by atoms with Crippen molar-refractivity contribution in [1.29, 1.82) is 0 Å². The second kappa shape index (κ2) is 6.41. The van der Waals surface area contributed by atoms with Gasteiger partial charge in [-0.1, -0.05) is 6.92 Å². The lowest BCUT2D eigenvalue weighted by Crippen LogP contribution is -2.41. The highest BCUT2D eigenvalue weighted by molar-refractivity contribution is 5.95. The number of aryl methyl sites for hydroxylation is 1. The second-order valence-electron chi connectivity index (χ2n) is 5.65. The lowest BCUT2D eigenvalue weighted by atomic mass is 10.1. The van der Waals surface area contributed by atoms with Gasteiger partial charge in [-0.05, 0) is 19.1 Å². The predicted octanol–water partition coefficient (Wildman–Crippen LogP) is 0.945. The van der Waals surface area contributed by atoms with Gasteiger partial charge in [0.15, 0.2) is 5.65 Å². The fourth-order valence-electron chi connectivity index (χ4n) is 2.62. The molecule has 22 heavy (non-hydrogen) atoms. The van der Waals surface area contributed by atoms with Gasteiger partial charge in [0.25, 0.3) is 0 Å². The molecule has 1 fully saturated rings. The van der Waals surface area contributed by atoms with E-state index in [9.17, 15) is 4.79 Å². The van der Waals surface area contributed by atoms with Gasteiger partial charge in [0.2, 0.25) is 5.91 Å². The number of ether oxygens (including phenoxy) is 1. The molecule has 3 rings (SSSR count). The highest BCUT2D eigenvalue weighted by Crippen LogP contribution is 2.16. The summed E-state index contributed by atoms with van der Waals surface area (Å²) in [6, 6.07) is 3.70. The Kier molecular flexibility index (Phi) is 4.35. The summed E-state index contributed by atoms with van der Waals surface area (Å²) in [5.41, 5.74) is 1.37. The zero-order chi connectivity index (χ0) is 15.5. The summed E-state index contributed by atoms with van der Waals surface area (Å²) in [6.45, 7) is 7.77. The molecule has 0 aliphatic carbocycles. The fourth-order valence-corrected chi connectivity index (χ4v) is 2.62. The van der Waals surface area contributed by atoms with Gasteiger partial charge >= 0.3 is 0 Å². The van der Waals surface area contributed by atoms with Crippen molar-refractivity contribution < 1.29 is 9.53 Å². The third-order valence-corrected chi connectivity index (χ3v) is 3.81. The average molecular weight is 303 g/mol. The van der Waals surface area contributed by atoms with E-state index in [1.165, 1.54) is 0 Å². The Labute approximate surface area is 129 Å². The standard InChI is InChI=1S/C15H21N5O2/c1-11(10-19-6-8-22-9-7-19)15(21)17-13-4-3-5-20-14(13)16-12(2)18-20/h3-5,11H,6-10H2,1-2H3,(H,17,21). The maximum atomic E-state index is 12.4. The Morgan fingerprint density at radius 3 is 3.00 bits per heavy atom. The van der Waals surface area contributed by atoms with Crippen LogP contribution < -0.4 is 5.32 Å². The number of fused-ring (bicyclic) bond motifs is 1. The van der Waals surface area contributed by atoms with Crippen molar-refractivity contribution in [3.8, 4) is 0 Å². The van der Waals surface area contributed by atoms with Gasteiger partial charge < -0.3 is 10.1 Å². The van der Waals surface area contributed by atoms with E-state index in [0.29, 0.717) is 17.2 Å². The van der Waals surface area contributed by atoms with Crippen molar-refractivity contribution in [2.24, 2.45) is 5.92 Å². The zero-order valence-corrected chi connectivity index (χ0v) is 13.0. The number of carbonyl (C=O) groups is 1. The fraction of sp³-hybridized carbons (Fsp3) is 0.533. The van der Waals surface area contributed by atoms with Crippen LogP contribution >= 0.6 is 0 Å². The van der Waals surface area contributed by atoms with Gasteiger partial charge in [0.05, 0.1) is 18.9 Å². The van der Waals surface area contributed by atoms with Crippen molar-refractivity contribution in [3.63, 3.8) is 0 Å². The molecular weight excluding hydrogens is 282 g/mol. The smallest absolute Gasteiger partial charge is 0.228 e. The molecule has 118 valence electrons. The van der Waals surface area contributed by atoms with Gasteiger partial charge in [-0.15, -0.1) is 0 Å². The third-order valence-electron chi connectivity index (χ3n) is 3.81. The number of nitrogens with zero attached hydrogens (tertiary/aromatic N) is 4. The van der Waals surface area contributed by atoms with Crippen LogP contribution in [0.1, 0.15) is 12.7 Å². The van der Waals surface area contributed by atoms with E-state index in [1.54, 1.807) is 4.52 Å². The highest BCUT2D eigenvalue weighted by atomic mass is 16.5. The van der Waals surface area contributed by atoms with Gasteiger partial charge in [0.1, 0.15) is 5.82 Å². The molecule has 1 aliphatic rings. The zero-order valence-electron chi connectivity index (χ0n) is 13.0. The number of hydrogen-bond acceptors (Lipinski definition) is 5. The molecule has 0 radical (unpaired) electrons. The minimum atomic E-state index is -0.0950. The van der Waals surface area contributed by atoms with E-state index in [0.717, 1.165) is 32.8 Å². The molecule has 7 nitrogen and oxygen atoms in total. The van der Waals surface area contributed by atoms with Crippen LogP contribution in [0.2, 0.25) is 0 Å². The molecule has 1 atom stereocenters. The van der Waals surface area contributed by atoms with Gasteiger partial charge in [-0.25, -0.2) is 9.50 Å². The molecule has 0 spiro atoms. The number of amides is 1. The summed E-state index contributed by atoms with van der Waals surface area (Å²) < 4.78 is 7.01. The summed E-state index contributed by atoms with van der Waals surface area (Å²) >= 11 is 0. The summed E-state index contributed by atoms with van der Waals surface area (Å²) in [7, 11) is 0. The van der Waals surface area contributed by atoms with Crippen LogP contribution in [0.15, 0.2) is 18.3 Å². The molecule has 2 aromatic rings. The molecule has 0 saturated carbocycles. The van der Waals surface area contributed by atoms with E-state index in [4.69, 9.17) is 4.74 Å². The molecule has 1 unspecified atom stereocenters. The molecule has 1 amide bonds. The van der Waals surface area contributed by atoms with Crippen molar-refractivity contribution >= 4 is 17.2 Å². The van der Waals surface area contributed by atoms with Gasteiger partial charge in [-0.2, -0.15) is 5.10 Å². The first-order valence-electron chi connectivity index (χ1n) is 7.56. The number of carbonyl (C=O) groups excluding carboxylic acids is 1. The number of pyridine rings is 1. The summed E-state index contributed by atoms with van der Waals surface area (Å²) in [5, 5.41) is 7.22. The SMILES string of the molecule is Cc1nc2c(NC(=O)C(C)CN3CCOCC3)cccn2n1. The van der Waals surface area contributed by atoms with Crippen molar-refractivity contribution in [3.05, 3.63) is 24.2 Å². The lowest BCUT2D eigenvalue weighted by molar-refractivity contribution is -0.120. The summed E-state index contributed by atoms with van der Waals surface area (Å²) in [4.78, 5) is 19.0. The van der Waals surface area contributed by atoms with Crippen LogP contribution in [0.4, 0.5) is 5.69 Å². The quantitative estimate of drug-likeness (QED) is 0.910. The minimum Gasteiger partial charge on any atom is -0.379 e. The molecule has 1 N–H and O–H groups in total. The highest BCUT2D eigenvalue weighted by Gasteiger charge is 2.20. The molecule has 1 saturated heterocycles. The van der Waals surface area contributed by atoms with Crippen LogP contribution in [0.5, 0.6) is 0 Å². The Morgan fingerprint density at radius 2 is 2.23 bits per heavy atom. The Bertz CT molecular complexity index is 663. The number of rotatable bonds is 4. The molecule has 3 heterocycles. The third kappa shape index (κ3) is 3.26. The van der Waals surface area contributed by atoms with Gasteiger partial charge in [0, 0.05) is 31.7 Å². The molecule has 1 aliphatic heterocycles. The topological polar surface area (TPSA) is 71.8 Å². The maximum Gasteiger partial charge on any atom is 0.228 e. The Hall–Kier alpha value is -1.99. The van der Waals surface area contributed by atoms with E-state index < -0.39 is 0 Å². The number of morpholine rings is 1. The van der Waals surface area contributed by atoms with Gasteiger partial charge in [-0.3, -0.25) is 9.69 Å². The predicted molar refractivity (Wildman–Crippen MR) is 82.8 cm³/mol. The summed E-state index contributed by atoms with van der Waals surface area (Å²) in [6.07, 6.45) is 1.82. The van der Waals surface area contributed by atoms with Crippen LogP contribution in [-0.2, 0) is 9.53 Å². The van der Waals surface area contributed by atoms with Crippen LogP contribution in [0.3, 0.4) is 0 Å². The first kappa shape index (κ1) is 14.9. The number of nitrogens with one attached hydrogen (secondary N) is 1. The van der Waals surface area contributed by atoms with Crippen molar-refractivity contribution in [1.82, 2.24) is 19.5 Å². The van der Waals surface area contributed by atoms with Crippen LogP contribution in [0.25, 0.3) is 5.65 Å². The summed E-state index contributed by atoms with van der Waals surface area (Å²) in [5.74, 6) is 0.589. The maximum absolute atomic E-state index is 12.4. The first-order valence-corrected chi connectivity index (χ1v) is 7.56. The molecule has 2 aromatic heterocycles. The van der Waals surface area contributed by atoms with Crippen LogP contribution in [0, 0.1) is 12.8 Å². The average Bonchev–Trinajstić information content (AvgIpc) is 2.89. The molecule has 7 heteroatoms. The molecule has 0 aromatic carbocycles. The van der Waals surface area contributed by atoms with Crippen molar-refractivity contribution in [2.75, 3.05) is 38.2 Å². The first-order chi connectivity index (χ1) is 10.6. The second-order valence-corrected chi connectivity index (χ2v) is 5.65. The molecule has 0 bridgehead atoms. The lowest BCUT2D eigenvalue weighted by Gasteiger charge is -2.28.